The first-order valence-corrected chi connectivity index (χ1v) is 6.63. The first-order valence-electron chi connectivity index (χ1n) is 6.63. The molecule has 1 nitrogen and oxygen atoms in total. The quantitative estimate of drug-likeness (QED) is 0.559. The first-order chi connectivity index (χ1) is 7.25. The second kappa shape index (κ2) is 2.58. The number of rotatable bonds is 0. The number of ether oxygens (including phenoxy) is 1. The van der Waals surface area contributed by atoms with Crippen molar-refractivity contribution < 1.29 is 4.74 Å². The van der Waals surface area contributed by atoms with Gasteiger partial charge in [0.05, 0.1) is 11.2 Å². The van der Waals surface area contributed by atoms with E-state index in [0.29, 0.717) is 10.8 Å². The van der Waals surface area contributed by atoms with E-state index in [9.17, 15) is 0 Å². The standard InChI is InChI=1S/C15H24O/c1-11-9-15-12(2,3)7-6-8-13(15,4)10-14(11,5)16-15/h1,6-10H2,2-5H3/t13-,14?,15-/m0/s1. The van der Waals surface area contributed by atoms with Crippen molar-refractivity contribution in [3.8, 4) is 0 Å². The average molecular weight is 220 g/mol. The normalized spacial score (nSPS) is 54.1. The second-order valence-corrected chi connectivity index (χ2v) is 7.42. The maximum atomic E-state index is 6.58. The van der Waals surface area contributed by atoms with Gasteiger partial charge in [0.1, 0.15) is 0 Å². The fourth-order valence-corrected chi connectivity index (χ4v) is 4.97. The summed E-state index contributed by atoms with van der Waals surface area (Å²) in [6.45, 7) is 13.8. The van der Waals surface area contributed by atoms with Gasteiger partial charge in [-0.3, -0.25) is 0 Å². The summed E-state index contributed by atoms with van der Waals surface area (Å²) in [6.07, 6.45) is 6.26. The van der Waals surface area contributed by atoms with Gasteiger partial charge in [-0.15, -0.1) is 0 Å². The molecule has 1 heteroatoms. The zero-order valence-corrected chi connectivity index (χ0v) is 11.2. The van der Waals surface area contributed by atoms with E-state index in [1.807, 2.05) is 0 Å². The Morgan fingerprint density at radius 1 is 1.12 bits per heavy atom. The van der Waals surface area contributed by atoms with Crippen molar-refractivity contribution in [1.29, 1.82) is 0 Å². The van der Waals surface area contributed by atoms with Gasteiger partial charge >= 0.3 is 0 Å². The van der Waals surface area contributed by atoms with E-state index in [0.717, 1.165) is 6.42 Å². The van der Waals surface area contributed by atoms with Crippen LogP contribution in [0.3, 0.4) is 0 Å². The third-order valence-electron chi connectivity index (χ3n) is 5.94. The van der Waals surface area contributed by atoms with Crippen LogP contribution in [-0.4, -0.2) is 11.2 Å². The minimum Gasteiger partial charge on any atom is -0.363 e. The molecule has 1 unspecified atom stereocenters. The molecule has 0 amide bonds. The Hall–Kier alpha value is -0.300. The fourth-order valence-electron chi connectivity index (χ4n) is 4.97. The summed E-state index contributed by atoms with van der Waals surface area (Å²) in [7, 11) is 0. The highest BCUT2D eigenvalue weighted by molar-refractivity contribution is 5.34. The Labute approximate surface area is 99.3 Å². The van der Waals surface area contributed by atoms with Gasteiger partial charge in [0.2, 0.25) is 0 Å². The molecule has 1 saturated carbocycles. The Balaban J connectivity index is 2.15. The number of fused-ring (bicyclic) bond motifs is 1. The van der Waals surface area contributed by atoms with Gasteiger partial charge in [-0.25, -0.2) is 0 Å². The molecular weight excluding hydrogens is 196 g/mol. The van der Waals surface area contributed by atoms with Crippen LogP contribution in [0.2, 0.25) is 0 Å². The van der Waals surface area contributed by atoms with Crippen molar-refractivity contribution in [3.63, 3.8) is 0 Å². The summed E-state index contributed by atoms with van der Waals surface area (Å²) in [5.74, 6) is 0. The molecule has 2 heterocycles. The largest absolute Gasteiger partial charge is 0.363 e. The van der Waals surface area contributed by atoms with Crippen molar-refractivity contribution >= 4 is 0 Å². The molecule has 90 valence electrons. The lowest BCUT2D eigenvalue weighted by Gasteiger charge is -2.55. The Kier molecular flexibility index (Phi) is 1.75. The number of hydrogen-bond acceptors (Lipinski definition) is 1. The molecule has 1 aliphatic carbocycles. The zero-order valence-electron chi connectivity index (χ0n) is 11.2. The predicted molar refractivity (Wildman–Crippen MR) is 66.3 cm³/mol. The molecular formula is C15H24O. The first kappa shape index (κ1) is 10.8. The molecule has 2 aliphatic heterocycles. The van der Waals surface area contributed by atoms with E-state index < -0.39 is 0 Å². The smallest absolute Gasteiger partial charge is 0.0876 e. The second-order valence-electron chi connectivity index (χ2n) is 7.42. The van der Waals surface area contributed by atoms with Gasteiger partial charge < -0.3 is 4.74 Å². The molecule has 0 aromatic carbocycles. The molecule has 3 rings (SSSR count). The lowest BCUT2D eigenvalue weighted by Crippen LogP contribution is -2.56. The minimum absolute atomic E-state index is 0.0314. The predicted octanol–water partition coefficient (Wildman–Crippen LogP) is 4.08. The maximum absolute atomic E-state index is 6.58. The molecule has 2 saturated heterocycles. The molecule has 2 bridgehead atoms. The summed E-state index contributed by atoms with van der Waals surface area (Å²) >= 11 is 0. The van der Waals surface area contributed by atoms with Crippen molar-refractivity contribution in [1.82, 2.24) is 0 Å². The van der Waals surface area contributed by atoms with Crippen LogP contribution in [0, 0.1) is 10.8 Å². The maximum Gasteiger partial charge on any atom is 0.0876 e. The highest BCUT2D eigenvalue weighted by atomic mass is 16.5. The molecule has 0 radical (unpaired) electrons. The molecule has 0 aromatic rings. The summed E-state index contributed by atoms with van der Waals surface area (Å²) in [4.78, 5) is 0. The minimum atomic E-state index is -0.0314. The third-order valence-corrected chi connectivity index (χ3v) is 5.94. The van der Waals surface area contributed by atoms with Crippen LogP contribution in [-0.2, 0) is 4.74 Å². The molecule has 16 heavy (non-hydrogen) atoms. The zero-order chi connectivity index (χ0) is 11.8. The van der Waals surface area contributed by atoms with E-state index >= 15 is 0 Å². The average Bonchev–Trinajstić information content (AvgIpc) is 2.50. The summed E-state index contributed by atoms with van der Waals surface area (Å²) in [6, 6.07) is 0. The van der Waals surface area contributed by atoms with Crippen molar-refractivity contribution in [2.45, 2.75) is 71.0 Å². The monoisotopic (exact) mass is 220 g/mol. The molecule has 3 fully saturated rings. The Morgan fingerprint density at radius 2 is 1.81 bits per heavy atom. The van der Waals surface area contributed by atoms with Crippen LogP contribution in [0.15, 0.2) is 12.2 Å². The molecule has 3 aliphatic rings. The topological polar surface area (TPSA) is 9.23 Å². The molecule has 3 atom stereocenters. The Bertz CT molecular complexity index is 370. The highest BCUT2D eigenvalue weighted by Crippen LogP contribution is 2.72. The van der Waals surface area contributed by atoms with Crippen molar-refractivity contribution in [2.24, 2.45) is 10.8 Å². The Morgan fingerprint density at radius 3 is 2.44 bits per heavy atom. The van der Waals surface area contributed by atoms with E-state index in [2.05, 4.69) is 34.3 Å². The van der Waals surface area contributed by atoms with Gasteiger partial charge in [-0.2, -0.15) is 0 Å². The summed E-state index contributed by atoms with van der Waals surface area (Å²) in [5, 5.41) is 0. The lowest BCUT2D eigenvalue weighted by molar-refractivity contribution is -0.164. The van der Waals surface area contributed by atoms with E-state index in [-0.39, 0.29) is 11.2 Å². The van der Waals surface area contributed by atoms with Crippen LogP contribution >= 0.6 is 0 Å². The van der Waals surface area contributed by atoms with Crippen molar-refractivity contribution in [3.05, 3.63) is 12.2 Å². The van der Waals surface area contributed by atoms with Crippen LogP contribution < -0.4 is 0 Å². The molecule has 0 N–H and O–H groups in total. The van der Waals surface area contributed by atoms with E-state index in [4.69, 9.17) is 4.74 Å². The molecule has 1 spiro atoms. The van der Waals surface area contributed by atoms with E-state index in [1.165, 1.54) is 31.3 Å². The molecule has 0 aromatic heterocycles. The third kappa shape index (κ3) is 0.932. The number of hydrogen-bond donors (Lipinski definition) is 0. The summed E-state index contributed by atoms with van der Waals surface area (Å²) in [5.41, 5.74) is 2.06. The van der Waals surface area contributed by atoms with E-state index in [1.54, 1.807) is 0 Å². The lowest BCUT2D eigenvalue weighted by atomic mass is 9.49. The van der Waals surface area contributed by atoms with Crippen LogP contribution in [0.25, 0.3) is 0 Å². The highest BCUT2D eigenvalue weighted by Gasteiger charge is 2.72. The van der Waals surface area contributed by atoms with Gasteiger partial charge in [0.15, 0.2) is 0 Å². The van der Waals surface area contributed by atoms with Crippen LogP contribution in [0.5, 0.6) is 0 Å². The van der Waals surface area contributed by atoms with Gasteiger partial charge in [-0.05, 0) is 37.2 Å². The summed E-state index contributed by atoms with van der Waals surface area (Å²) < 4.78 is 6.58. The van der Waals surface area contributed by atoms with Gasteiger partial charge in [0, 0.05) is 11.8 Å². The SMILES string of the molecule is C=C1C[C@@]23OC1(C)C[C@]2(C)CCCC3(C)C. The van der Waals surface area contributed by atoms with Gasteiger partial charge in [0.25, 0.3) is 0 Å². The van der Waals surface area contributed by atoms with Crippen LogP contribution in [0.1, 0.15) is 59.8 Å². The van der Waals surface area contributed by atoms with Crippen molar-refractivity contribution in [2.75, 3.05) is 0 Å². The van der Waals surface area contributed by atoms with Crippen LogP contribution in [0.4, 0.5) is 0 Å². The fraction of sp³-hybridized carbons (Fsp3) is 0.867. The van der Waals surface area contributed by atoms with Gasteiger partial charge in [-0.1, -0.05) is 33.8 Å².